The highest BCUT2D eigenvalue weighted by molar-refractivity contribution is 5.87. The van der Waals surface area contributed by atoms with E-state index in [1.54, 1.807) is 0 Å². The number of aromatic hydroxyl groups is 1. The third-order valence-corrected chi connectivity index (χ3v) is 2.53. The predicted octanol–water partition coefficient (Wildman–Crippen LogP) is 2.20. The Labute approximate surface area is 112 Å². The van der Waals surface area contributed by atoms with Crippen LogP contribution in [0.1, 0.15) is 16.1 Å². The summed E-state index contributed by atoms with van der Waals surface area (Å²) < 4.78 is 5.01. The van der Waals surface area contributed by atoms with E-state index in [1.807, 2.05) is 0 Å². The van der Waals surface area contributed by atoms with Crippen LogP contribution in [0.4, 0.5) is 11.4 Å². The van der Waals surface area contributed by atoms with Crippen LogP contribution in [-0.2, 0) is 6.54 Å². The lowest BCUT2D eigenvalue weighted by atomic mass is 10.2. The maximum absolute atomic E-state index is 10.8. The van der Waals surface area contributed by atoms with E-state index in [0.29, 0.717) is 5.76 Å². The summed E-state index contributed by atoms with van der Waals surface area (Å²) in [6, 6.07) is 5.00. The zero-order valence-electron chi connectivity index (χ0n) is 10.1. The number of carboxylic acids is 1. The molecule has 0 bridgehead atoms. The molecule has 0 radical (unpaired) electrons. The molecule has 104 valence electrons. The van der Waals surface area contributed by atoms with Gasteiger partial charge in [0.15, 0.2) is 0 Å². The smallest absolute Gasteiger partial charge is 0.338 e. The average molecular weight is 278 g/mol. The highest BCUT2D eigenvalue weighted by Gasteiger charge is 2.15. The summed E-state index contributed by atoms with van der Waals surface area (Å²) in [5, 5.41) is 31.5. The summed E-state index contributed by atoms with van der Waals surface area (Å²) in [7, 11) is 0. The van der Waals surface area contributed by atoms with Gasteiger partial charge in [-0.15, -0.1) is 0 Å². The highest BCUT2D eigenvalue weighted by Crippen LogP contribution is 2.28. The Bertz CT molecular complexity index is 664. The van der Waals surface area contributed by atoms with Crippen molar-refractivity contribution in [2.24, 2.45) is 0 Å². The molecule has 3 N–H and O–H groups in total. The summed E-state index contributed by atoms with van der Waals surface area (Å²) in [6.45, 7) is 0.0822. The molecule has 0 aliphatic rings. The molecule has 0 aliphatic carbocycles. The first-order chi connectivity index (χ1) is 9.47. The Morgan fingerprint density at radius 3 is 2.75 bits per heavy atom. The van der Waals surface area contributed by atoms with Crippen molar-refractivity contribution in [3.8, 4) is 5.75 Å². The zero-order valence-corrected chi connectivity index (χ0v) is 10.1. The molecule has 1 aromatic heterocycles. The topological polar surface area (TPSA) is 126 Å². The van der Waals surface area contributed by atoms with Gasteiger partial charge < -0.3 is 19.9 Å². The van der Waals surface area contributed by atoms with E-state index in [4.69, 9.17) is 9.52 Å². The fraction of sp³-hybridized carbons (Fsp3) is 0.0833. The van der Waals surface area contributed by atoms with Gasteiger partial charge in [0.2, 0.25) is 0 Å². The van der Waals surface area contributed by atoms with Crippen LogP contribution in [0.25, 0.3) is 0 Å². The second-order valence-corrected chi connectivity index (χ2v) is 3.92. The molecular formula is C12H10N2O6. The van der Waals surface area contributed by atoms with Crippen LogP contribution in [0.15, 0.2) is 34.9 Å². The van der Waals surface area contributed by atoms with E-state index >= 15 is 0 Å². The number of furan rings is 1. The van der Waals surface area contributed by atoms with Gasteiger partial charge in [-0.1, -0.05) is 0 Å². The van der Waals surface area contributed by atoms with Gasteiger partial charge in [0.1, 0.15) is 23.5 Å². The third-order valence-electron chi connectivity index (χ3n) is 2.53. The first kappa shape index (κ1) is 13.4. The standard InChI is InChI=1S/C12H10N2O6/c15-8-1-2-10(11(4-8)14(18)19)13-5-9-3-7(6-20-9)12(16)17/h1-4,6,13,15H,5H2,(H,16,17). The number of benzene rings is 1. The molecule has 0 atom stereocenters. The Morgan fingerprint density at radius 1 is 1.40 bits per heavy atom. The van der Waals surface area contributed by atoms with Gasteiger partial charge in [0.25, 0.3) is 5.69 Å². The minimum absolute atomic E-state index is 0.00186. The number of hydrogen-bond acceptors (Lipinski definition) is 6. The number of carboxylic acid groups (broad SMARTS) is 1. The van der Waals surface area contributed by atoms with Gasteiger partial charge in [-0.05, 0) is 18.2 Å². The number of phenols is 1. The number of nitro groups is 1. The first-order valence-corrected chi connectivity index (χ1v) is 5.49. The number of aromatic carboxylic acids is 1. The number of nitrogens with one attached hydrogen (secondary N) is 1. The van der Waals surface area contributed by atoms with Crippen LogP contribution in [0.2, 0.25) is 0 Å². The predicted molar refractivity (Wildman–Crippen MR) is 67.8 cm³/mol. The summed E-state index contributed by atoms with van der Waals surface area (Å²) in [5.41, 5.74) is -0.0851. The molecule has 0 spiro atoms. The van der Waals surface area contributed by atoms with E-state index in [1.165, 1.54) is 18.2 Å². The lowest BCUT2D eigenvalue weighted by Gasteiger charge is -2.05. The second-order valence-electron chi connectivity index (χ2n) is 3.92. The summed E-state index contributed by atoms with van der Waals surface area (Å²) in [6.07, 6.45) is 1.09. The van der Waals surface area contributed by atoms with E-state index in [9.17, 15) is 20.0 Å². The normalized spacial score (nSPS) is 10.2. The van der Waals surface area contributed by atoms with E-state index in [2.05, 4.69) is 5.32 Å². The molecule has 8 heteroatoms. The molecule has 0 fully saturated rings. The van der Waals surface area contributed by atoms with Crippen LogP contribution in [0.3, 0.4) is 0 Å². The number of anilines is 1. The van der Waals surface area contributed by atoms with Crippen LogP contribution in [-0.4, -0.2) is 21.1 Å². The average Bonchev–Trinajstić information content (AvgIpc) is 2.86. The molecule has 0 amide bonds. The molecule has 1 aromatic carbocycles. The largest absolute Gasteiger partial charge is 0.508 e. The van der Waals surface area contributed by atoms with Gasteiger partial charge in [-0.25, -0.2) is 4.79 Å². The lowest BCUT2D eigenvalue weighted by molar-refractivity contribution is -0.384. The molecular weight excluding hydrogens is 268 g/mol. The summed E-state index contributed by atoms with van der Waals surface area (Å²) >= 11 is 0. The maximum atomic E-state index is 10.8. The van der Waals surface area contributed by atoms with E-state index in [0.717, 1.165) is 12.3 Å². The third kappa shape index (κ3) is 2.86. The van der Waals surface area contributed by atoms with Crippen molar-refractivity contribution >= 4 is 17.3 Å². The van der Waals surface area contributed by atoms with Crippen molar-refractivity contribution in [2.45, 2.75) is 6.54 Å². The van der Waals surface area contributed by atoms with Crippen molar-refractivity contribution in [2.75, 3.05) is 5.32 Å². The Hall–Kier alpha value is -3.03. The molecule has 0 saturated heterocycles. The van der Waals surface area contributed by atoms with Gasteiger partial charge in [-0.2, -0.15) is 0 Å². The van der Waals surface area contributed by atoms with Crippen LogP contribution >= 0.6 is 0 Å². The Kier molecular flexibility index (Phi) is 3.56. The lowest BCUT2D eigenvalue weighted by Crippen LogP contribution is -2.02. The van der Waals surface area contributed by atoms with E-state index < -0.39 is 10.9 Å². The van der Waals surface area contributed by atoms with Crippen molar-refractivity contribution < 1.29 is 24.3 Å². The Balaban J connectivity index is 2.14. The summed E-state index contributed by atoms with van der Waals surface area (Å²) in [5.74, 6) is -1.01. The van der Waals surface area contributed by atoms with Crippen LogP contribution in [0, 0.1) is 10.1 Å². The van der Waals surface area contributed by atoms with Crippen LogP contribution in [0.5, 0.6) is 5.75 Å². The number of hydrogen-bond donors (Lipinski definition) is 3. The number of nitrogens with zero attached hydrogens (tertiary/aromatic N) is 1. The number of nitro benzene ring substituents is 1. The molecule has 20 heavy (non-hydrogen) atoms. The fourth-order valence-electron chi connectivity index (χ4n) is 1.59. The monoisotopic (exact) mass is 278 g/mol. The Morgan fingerprint density at radius 2 is 2.15 bits per heavy atom. The first-order valence-electron chi connectivity index (χ1n) is 5.49. The molecule has 2 rings (SSSR count). The highest BCUT2D eigenvalue weighted by atomic mass is 16.6. The van der Waals surface area contributed by atoms with E-state index in [-0.39, 0.29) is 29.2 Å². The minimum atomic E-state index is -1.12. The number of carbonyl (C=O) groups is 1. The van der Waals surface area contributed by atoms with Gasteiger partial charge >= 0.3 is 5.97 Å². The second kappa shape index (κ2) is 5.31. The SMILES string of the molecule is O=C(O)c1coc(CNc2ccc(O)cc2[N+](=O)[O-])c1. The number of rotatable bonds is 5. The molecule has 1 heterocycles. The summed E-state index contributed by atoms with van der Waals surface area (Å²) in [4.78, 5) is 20.9. The zero-order chi connectivity index (χ0) is 14.7. The van der Waals surface area contributed by atoms with Crippen molar-refractivity contribution in [1.82, 2.24) is 0 Å². The van der Waals surface area contributed by atoms with Crippen molar-refractivity contribution in [3.05, 3.63) is 52.0 Å². The van der Waals surface area contributed by atoms with Gasteiger partial charge in [0.05, 0.1) is 23.1 Å². The molecule has 0 unspecified atom stereocenters. The minimum Gasteiger partial charge on any atom is -0.508 e. The molecule has 2 aromatic rings. The van der Waals surface area contributed by atoms with Gasteiger partial charge in [-0.3, -0.25) is 10.1 Å². The van der Waals surface area contributed by atoms with Crippen molar-refractivity contribution in [1.29, 1.82) is 0 Å². The molecule has 0 saturated carbocycles. The molecule has 0 aliphatic heterocycles. The van der Waals surface area contributed by atoms with Crippen molar-refractivity contribution in [3.63, 3.8) is 0 Å². The van der Waals surface area contributed by atoms with Crippen LogP contribution < -0.4 is 5.32 Å². The maximum Gasteiger partial charge on any atom is 0.338 e. The quantitative estimate of drug-likeness (QED) is 0.434. The molecule has 8 nitrogen and oxygen atoms in total. The fourth-order valence-corrected chi connectivity index (χ4v) is 1.59. The number of phenolic OH excluding ortho intramolecular Hbond substituents is 1. The van der Waals surface area contributed by atoms with Gasteiger partial charge in [0, 0.05) is 0 Å².